The fraction of sp³-hybridized carbons (Fsp3) is 0.435. The number of anilines is 2. The molecule has 2 aliphatic rings. The molecule has 0 unspecified atom stereocenters. The lowest BCUT2D eigenvalue weighted by molar-refractivity contribution is -0.120. The molecule has 0 radical (unpaired) electrons. The number of piperidine rings is 2. The van der Waals surface area contributed by atoms with Gasteiger partial charge in [0.05, 0.1) is 16.3 Å². The van der Waals surface area contributed by atoms with Crippen LogP contribution in [0, 0.1) is 5.92 Å². The van der Waals surface area contributed by atoms with E-state index >= 15 is 0 Å². The van der Waals surface area contributed by atoms with Gasteiger partial charge in [-0.1, -0.05) is 23.7 Å². The highest BCUT2D eigenvalue weighted by molar-refractivity contribution is 6.33. The van der Waals surface area contributed by atoms with E-state index in [9.17, 15) is 14.7 Å². The summed E-state index contributed by atoms with van der Waals surface area (Å²) in [7, 11) is 0. The Morgan fingerprint density at radius 1 is 1.06 bits per heavy atom. The second-order valence-electron chi connectivity index (χ2n) is 8.15. The Labute approximate surface area is 187 Å². The predicted octanol–water partition coefficient (Wildman–Crippen LogP) is 3.92. The number of carbonyl (C=O) groups excluding carboxylic acids is 2. The number of phenolic OH excluding ortho intramolecular Hbond substituents is 1. The molecule has 2 fully saturated rings. The van der Waals surface area contributed by atoms with E-state index in [4.69, 9.17) is 11.6 Å². The highest BCUT2D eigenvalue weighted by atomic mass is 35.5. The fourth-order valence-corrected chi connectivity index (χ4v) is 4.51. The van der Waals surface area contributed by atoms with Gasteiger partial charge in [-0.2, -0.15) is 0 Å². The summed E-state index contributed by atoms with van der Waals surface area (Å²) in [5.74, 6) is 0.456. The van der Waals surface area contributed by atoms with Crippen molar-refractivity contribution in [2.24, 2.45) is 5.92 Å². The Hall–Kier alpha value is -2.80. The molecule has 8 heteroatoms. The number of nitrogens with one attached hydrogen (secondary N) is 1. The standard InChI is InChI=1S/C23H27ClN4O3/c24-18-14-17(23(31)28-10-4-1-5-11-28)15-25-21(18)27-12-8-16(9-13-27)22(30)26-19-6-2-3-7-20(19)29/h2-3,6-7,14-16,29H,1,4-5,8-13H2,(H,26,30). The second kappa shape index (κ2) is 9.56. The molecule has 0 aliphatic carbocycles. The number of rotatable bonds is 4. The number of benzene rings is 1. The number of likely N-dealkylation sites (tertiary alicyclic amines) is 1. The van der Waals surface area contributed by atoms with Crippen molar-refractivity contribution < 1.29 is 14.7 Å². The minimum atomic E-state index is -0.144. The summed E-state index contributed by atoms with van der Waals surface area (Å²) < 4.78 is 0. The lowest BCUT2D eigenvalue weighted by Gasteiger charge is -2.33. The third-order valence-corrected chi connectivity index (χ3v) is 6.32. The van der Waals surface area contributed by atoms with Crippen LogP contribution in [0.15, 0.2) is 36.5 Å². The van der Waals surface area contributed by atoms with Crippen molar-refractivity contribution >= 4 is 34.9 Å². The number of phenols is 1. The Morgan fingerprint density at radius 3 is 2.45 bits per heavy atom. The van der Waals surface area contributed by atoms with Gasteiger partial charge in [-0.15, -0.1) is 0 Å². The van der Waals surface area contributed by atoms with Gasteiger partial charge in [-0.3, -0.25) is 9.59 Å². The van der Waals surface area contributed by atoms with Gasteiger partial charge in [-0.05, 0) is 50.3 Å². The van der Waals surface area contributed by atoms with E-state index in [1.54, 1.807) is 36.5 Å². The third-order valence-electron chi connectivity index (χ3n) is 6.04. The summed E-state index contributed by atoms with van der Waals surface area (Å²) in [6, 6.07) is 8.42. The summed E-state index contributed by atoms with van der Waals surface area (Å²) in [6.45, 7) is 2.86. The Kier molecular flexibility index (Phi) is 6.61. The van der Waals surface area contributed by atoms with Gasteiger partial charge >= 0.3 is 0 Å². The van der Waals surface area contributed by atoms with Gasteiger partial charge < -0.3 is 20.2 Å². The molecule has 3 heterocycles. The van der Waals surface area contributed by atoms with Crippen LogP contribution in [0.3, 0.4) is 0 Å². The molecule has 2 N–H and O–H groups in total. The predicted molar refractivity (Wildman–Crippen MR) is 121 cm³/mol. The van der Waals surface area contributed by atoms with Crippen molar-refractivity contribution in [1.29, 1.82) is 0 Å². The Bertz CT molecular complexity index is 954. The zero-order chi connectivity index (χ0) is 21.8. The van der Waals surface area contributed by atoms with Crippen LogP contribution in [0.25, 0.3) is 0 Å². The van der Waals surface area contributed by atoms with E-state index in [0.717, 1.165) is 25.9 Å². The maximum Gasteiger partial charge on any atom is 0.255 e. The smallest absolute Gasteiger partial charge is 0.255 e. The lowest BCUT2D eigenvalue weighted by Crippen LogP contribution is -2.39. The van der Waals surface area contributed by atoms with E-state index in [2.05, 4.69) is 15.2 Å². The van der Waals surface area contributed by atoms with E-state index in [1.165, 1.54) is 6.42 Å². The Morgan fingerprint density at radius 2 is 1.77 bits per heavy atom. The van der Waals surface area contributed by atoms with Gasteiger partial charge in [-0.25, -0.2) is 4.98 Å². The minimum absolute atomic E-state index is 0.0137. The van der Waals surface area contributed by atoms with Crippen molar-refractivity contribution in [3.05, 3.63) is 47.1 Å². The zero-order valence-corrected chi connectivity index (χ0v) is 18.1. The lowest BCUT2D eigenvalue weighted by atomic mass is 9.95. The summed E-state index contributed by atoms with van der Waals surface area (Å²) in [4.78, 5) is 33.7. The van der Waals surface area contributed by atoms with Crippen molar-refractivity contribution in [2.45, 2.75) is 32.1 Å². The number of amides is 2. The molecule has 164 valence electrons. The summed E-state index contributed by atoms with van der Waals surface area (Å²) in [5, 5.41) is 13.1. The third kappa shape index (κ3) is 4.93. The molecule has 1 aromatic carbocycles. The Balaban J connectivity index is 1.35. The topological polar surface area (TPSA) is 85.8 Å². The quantitative estimate of drug-likeness (QED) is 0.701. The maximum atomic E-state index is 12.7. The van der Waals surface area contributed by atoms with Gasteiger partial charge in [0.1, 0.15) is 11.6 Å². The van der Waals surface area contributed by atoms with Crippen LogP contribution in [-0.2, 0) is 4.79 Å². The highest BCUT2D eigenvalue weighted by Crippen LogP contribution is 2.30. The molecule has 2 aromatic rings. The average Bonchev–Trinajstić information content (AvgIpc) is 2.80. The van der Waals surface area contributed by atoms with E-state index in [1.807, 2.05) is 4.90 Å². The molecule has 0 bridgehead atoms. The molecule has 0 saturated carbocycles. The number of nitrogens with zero attached hydrogens (tertiary/aromatic N) is 3. The number of aromatic nitrogens is 1. The van der Waals surface area contributed by atoms with Crippen LogP contribution in [-0.4, -0.2) is 53.0 Å². The molecular formula is C23H27ClN4O3. The minimum Gasteiger partial charge on any atom is -0.506 e. The van der Waals surface area contributed by atoms with Crippen molar-refractivity contribution in [3.63, 3.8) is 0 Å². The highest BCUT2D eigenvalue weighted by Gasteiger charge is 2.28. The van der Waals surface area contributed by atoms with Crippen LogP contribution in [0.5, 0.6) is 5.75 Å². The molecule has 2 amide bonds. The molecule has 0 atom stereocenters. The van der Waals surface area contributed by atoms with Gasteiger partial charge in [0, 0.05) is 38.3 Å². The number of pyridine rings is 1. The van der Waals surface area contributed by atoms with Crippen LogP contribution in [0.2, 0.25) is 5.02 Å². The molecule has 31 heavy (non-hydrogen) atoms. The average molecular weight is 443 g/mol. The molecule has 0 spiro atoms. The normalized spacial score (nSPS) is 17.5. The van der Waals surface area contributed by atoms with Crippen molar-refractivity contribution in [1.82, 2.24) is 9.88 Å². The molecular weight excluding hydrogens is 416 g/mol. The van der Waals surface area contributed by atoms with E-state index < -0.39 is 0 Å². The molecule has 2 saturated heterocycles. The van der Waals surface area contributed by atoms with Crippen LogP contribution >= 0.6 is 11.6 Å². The molecule has 7 nitrogen and oxygen atoms in total. The maximum absolute atomic E-state index is 12.7. The first-order chi connectivity index (χ1) is 15.0. The fourth-order valence-electron chi connectivity index (χ4n) is 4.23. The summed E-state index contributed by atoms with van der Waals surface area (Å²) >= 11 is 6.49. The number of aromatic hydroxyl groups is 1. The number of halogens is 1. The number of carbonyl (C=O) groups is 2. The monoisotopic (exact) mass is 442 g/mol. The molecule has 4 rings (SSSR count). The van der Waals surface area contributed by atoms with Gasteiger partial charge in [0.25, 0.3) is 5.91 Å². The number of hydrogen-bond donors (Lipinski definition) is 2. The van der Waals surface area contributed by atoms with Gasteiger partial charge in [0.2, 0.25) is 5.91 Å². The van der Waals surface area contributed by atoms with Crippen molar-refractivity contribution in [2.75, 3.05) is 36.4 Å². The molecule has 2 aliphatic heterocycles. The zero-order valence-electron chi connectivity index (χ0n) is 17.4. The largest absolute Gasteiger partial charge is 0.506 e. The number of hydrogen-bond acceptors (Lipinski definition) is 5. The SMILES string of the molecule is O=C(Nc1ccccc1O)C1CCN(c2ncc(C(=O)N3CCCCC3)cc2Cl)CC1. The summed E-state index contributed by atoms with van der Waals surface area (Å²) in [5.41, 5.74) is 0.946. The second-order valence-corrected chi connectivity index (χ2v) is 8.56. The van der Waals surface area contributed by atoms with E-state index in [-0.39, 0.29) is 23.5 Å². The first-order valence-corrected chi connectivity index (χ1v) is 11.2. The van der Waals surface area contributed by atoms with Crippen molar-refractivity contribution in [3.8, 4) is 5.75 Å². The van der Waals surface area contributed by atoms with E-state index in [0.29, 0.717) is 48.0 Å². The first-order valence-electron chi connectivity index (χ1n) is 10.8. The van der Waals surface area contributed by atoms with Gasteiger partial charge in [0.15, 0.2) is 0 Å². The van der Waals surface area contributed by atoms with Crippen LogP contribution in [0.1, 0.15) is 42.5 Å². The number of para-hydroxylation sites is 2. The first kappa shape index (κ1) is 21.4. The van der Waals surface area contributed by atoms with Crippen LogP contribution in [0.4, 0.5) is 11.5 Å². The van der Waals surface area contributed by atoms with Crippen LogP contribution < -0.4 is 10.2 Å². The molecule has 1 aromatic heterocycles. The summed E-state index contributed by atoms with van der Waals surface area (Å²) in [6.07, 6.45) is 6.17.